The van der Waals surface area contributed by atoms with E-state index in [1.165, 1.54) is 16.9 Å². The summed E-state index contributed by atoms with van der Waals surface area (Å²) in [6, 6.07) is 13.9. The van der Waals surface area contributed by atoms with Gasteiger partial charge in [-0.1, -0.05) is 36.4 Å². The topological polar surface area (TPSA) is 46.2 Å². The smallest absolute Gasteiger partial charge is 0.220 e. The largest absolute Gasteiger partial charge is 0.356 e. The monoisotopic (exact) mass is 315 g/mol. The lowest BCUT2D eigenvalue weighted by atomic mass is 10.1. The second-order valence-electron chi connectivity index (χ2n) is 5.19. The maximum Gasteiger partial charge on any atom is 0.220 e. The van der Waals surface area contributed by atoms with Gasteiger partial charge in [0.1, 0.15) is 0 Å². The summed E-state index contributed by atoms with van der Waals surface area (Å²) in [5, 5.41) is 4.81. The summed E-state index contributed by atoms with van der Waals surface area (Å²) in [6.45, 7) is 0.687. The van der Waals surface area contributed by atoms with Crippen molar-refractivity contribution in [1.82, 2.24) is 5.32 Å². The predicted octanol–water partition coefficient (Wildman–Crippen LogP) is 3.85. The molecule has 0 atom stereocenters. The minimum atomic E-state index is 0.0343. The summed E-state index contributed by atoms with van der Waals surface area (Å²) in [4.78, 5) is 24.3. The second-order valence-corrected chi connectivity index (χ2v) is 6.14. The number of amides is 1. The molecule has 1 amide bonds. The highest BCUT2D eigenvalue weighted by Gasteiger charge is 2.08. The van der Waals surface area contributed by atoms with Gasteiger partial charge in [-0.15, -0.1) is 11.3 Å². The van der Waals surface area contributed by atoms with Crippen LogP contribution in [0.1, 0.15) is 40.9 Å². The molecule has 2 aromatic rings. The van der Waals surface area contributed by atoms with Gasteiger partial charge in [-0.3, -0.25) is 9.59 Å². The van der Waals surface area contributed by atoms with Crippen LogP contribution in [0.2, 0.25) is 0 Å². The summed E-state index contributed by atoms with van der Waals surface area (Å²) in [5.41, 5.74) is 1.29. The fourth-order valence-corrected chi connectivity index (χ4v) is 2.92. The Morgan fingerprint density at radius 1 is 0.955 bits per heavy atom. The Balaban J connectivity index is 1.54. The molecule has 2 rings (SSSR count). The van der Waals surface area contributed by atoms with Gasteiger partial charge in [0.2, 0.25) is 5.91 Å². The fourth-order valence-electron chi connectivity index (χ4n) is 2.22. The minimum Gasteiger partial charge on any atom is -0.356 e. The summed E-state index contributed by atoms with van der Waals surface area (Å²) in [7, 11) is 0. The molecule has 1 aromatic heterocycles. The van der Waals surface area contributed by atoms with E-state index in [9.17, 15) is 9.59 Å². The van der Waals surface area contributed by atoms with Crippen LogP contribution >= 0.6 is 11.3 Å². The number of hydrogen-bond acceptors (Lipinski definition) is 3. The molecule has 0 bridgehead atoms. The van der Waals surface area contributed by atoms with E-state index in [1.807, 2.05) is 35.7 Å². The van der Waals surface area contributed by atoms with Crippen molar-refractivity contribution in [2.45, 2.75) is 32.1 Å². The number of Topliss-reactive ketones (excluding diaryl/α,β-unsaturated/α-hetero) is 1. The van der Waals surface area contributed by atoms with Crippen molar-refractivity contribution < 1.29 is 9.59 Å². The predicted molar refractivity (Wildman–Crippen MR) is 90.3 cm³/mol. The Labute approximate surface area is 135 Å². The van der Waals surface area contributed by atoms with Crippen molar-refractivity contribution in [3.8, 4) is 0 Å². The summed E-state index contributed by atoms with van der Waals surface area (Å²) in [5.74, 6) is 0.166. The van der Waals surface area contributed by atoms with Gasteiger partial charge in [0, 0.05) is 19.4 Å². The molecule has 0 saturated carbocycles. The van der Waals surface area contributed by atoms with Crippen molar-refractivity contribution in [3.05, 3.63) is 58.3 Å². The quantitative estimate of drug-likeness (QED) is 0.564. The molecule has 4 heteroatoms. The molecule has 3 nitrogen and oxygen atoms in total. The Hall–Kier alpha value is -1.94. The normalized spacial score (nSPS) is 10.4. The van der Waals surface area contributed by atoms with Gasteiger partial charge < -0.3 is 5.32 Å². The Kier molecular flexibility index (Phi) is 6.84. The number of carbonyl (C=O) groups excluding carboxylic acids is 2. The van der Waals surface area contributed by atoms with Gasteiger partial charge in [-0.25, -0.2) is 0 Å². The second kappa shape index (κ2) is 9.15. The molecule has 0 saturated heterocycles. The van der Waals surface area contributed by atoms with Gasteiger partial charge in [0.15, 0.2) is 5.78 Å². The van der Waals surface area contributed by atoms with E-state index in [0.717, 1.165) is 17.7 Å². The third-order valence-corrected chi connectivity index (χ3v) is 4.32. The molecule has 0 radical (unpaired) electrons. The molecule has 0 spiro atoms. The first-order chi connectivity index (χ1) is 10.8. The number of hydrogen-bond donors (Lipinski definition) is 1. The van der Waals surface area contributed by atoms with E-state index in [1.54, 1.807) is 0 Å². The molecule has 0 fully saturated rings. The molecule has 116 valence electrons. The van der Waals surface area contributed by atoms with Gasteiger partial charge in [0.25, 0.3) is 0 Å². The zero-order valence-electron chi connectivity index (χ0n) is 12.6. The van der Waals surface area contributed by atoms with Crippen LogP contribution in [-0.4, -0.2) is 18.2 Å². The van der Waals surface area contributed by atoms with Crippen LogP contribution in [0.4, 0.5) is 0 Å². The molecular weight excluding hydrogens is 294 g/mol. The number of thiophene rings is 1. The van der Waals surface area contributed by atoms with Crippen LogP contribution in [-0.2, 0) is 11.2 Å². The van der Waals surface area contributed by atoms with Crippen LogP contribution in [0, 0.1) is 0 Å². The minimum absolute atomic E-state index is 0.0343. The van der Waals surface area contributed by atoms with E-state index in [-0.39, 0.29) is 11.7 Å². The highest BCUT2D eigenvalue weighted by molar-refractivity contribution is 7.12. The van der Waals surface area contributed by atoms with Crippen LogP contribution in [0.15, 0.2) is 47.8 Å². The zero-order valence-corrected chi connectivity index (χ0v) is 13.4. The Morgan fingerprint density at radius 3 is 2.50 bits per heavy atom. The van der Waals surface area contributed by atoms with Gasteiger partial charge in [-0.2, -0.15) is 0 Å². The lowest BCUT2D eigenvalue weighted by Gasteiger charge is -2.05. The van der Waals surface area contributed by atoms with Crippen molar-refractivity contribution in [2.75, 3.05) is 6.54 Å². The maximum absolute atomic E-state index is 11.8. The highest BCUT2D eigenvalue weighted by Crippen LogP contribution is 2.12. The van der Waals surface area contributed by atoms with Crippen molar-refractivity contribution >= 4 is 23.0 Å². The molecule has 1 heterocycles. The van der Waals surface area contributed by atoms with E-state index in [2.05, 4.69) is 17.4 Å². The number of ketones is 1. The van der Waals surface area contributed by atoms with E-state index >= 15 is 0 Å². The summed E-state index contributed by atoms with van der Waals surface area (Å²) >= 11 is 1.45. The first kappa shape index (κ1) is 16.4. The summed E-state index contributed by atoms with van der Waals surface area (Å²) < 4.78 is 0. The Morgan fingerprint density at radius 2 is 1.77 bits per heavy atom. The van der Waals surface area contributed by atoms with E-state index < -0.39 is 0 Å². The summed E-state index contributed by atoms with van der Waals surface area (Å²) in [6.07, 6.45) is 3.38. The van der Waals surface area contributed by atoms with Crippen molar-refractivity contribution in [2.24, 2.45) is 0 Å². The van der Waals surface area contributed by atoms with Gasteiger partial charge in [-0.05, 0) is 36.3 Å². The van der Waals surface area contributed by atoms with Crippen molar-refractivity contribution in [1.29, 1.82) is 0 Å². The van der Waals surface area contributed by atoms with Gasteiger partial charge in [0.05, 0.1) is 4.88 Å². The Bertz CT molecular complexity index is 578. The standard InChI is InChI=1S/C18H21NO2S/c20-16(17-11-6-14-22-17)10-4-12-18(21)19-13-5-9-15-7-2-1-3-8-15/h1-3,6-8,11,14H,4-5,9-10,12-13H2,(H,19,21). The number of rotatable bonds is 9. The third-order valence-electron chi connectivity index (χ3n) is 3.41. The number of carbonyl (C=O) groups is 2. The lowest BCUT2D eigenvalue weighted by Crippen LogP contribution is -2.24. The average molecular weight is 315 g/mol. The number of nitrogens with one attached hydrogen (secondary N) is 1. The first-order valence-corrected chi connectivity index (χ1v) is 8.51. The zero-order chi connectivity index (χ0) is 15.6. The SMILES string of the molecule is O=C(CCCC(=O)c1cccs1)NCCCc1ccccc1. The van der Waals surface area contributed by atoms with E-state index in [0.29, 0.717) is 25.8 Å². The van der Waals surface area contributed by atoms with Crippen LogP contribution in [0.5, 0.6) is 0 Å². The highest BCUT2D eigenvalue weighted by atomic mass is 32.1. The third kappa shape index (κ3) is 5.82. The first-order valence-electron chi connectivity index (χ1n) is 7.63. The molecule has 1 aromatic carbocycles. The van der Waals surface area contributed by atoms with Crippen LogP contribution in [0.25, 0.3) is 0 Å². The molecule has 0 aliphatic heterocycles. The molecule has 0 unspecified atom stereocenters. The number of benzene rings is 1. The number of aryl methyl sites for hydroxylation is 1. The molecule has 22 heavy (non-hydrogen) atoms. The molecule has 0 aliphatic rings. The molecule has 0 aliphatic carbocycles. The molecular formula is C18H21NO2S. The van der Waals surface area contributed by atoms with Crippen LogP contribution in [0.3, 0.4) is 0 Å². The van der Waals surface area contributed by atoms with Gasteiger partial charge >= 0.3 is 0 Å². The maximum atomic E-state index is 11.8. The van der Waals surface area contributed by atoms with E-state index in [4.69, 9.17) is 0 Å². The van der Waals surface area contributed by atoms with Crippen molar-refractivity contribution in [3.63, 3.8) is 0 Å². The average Bonchev–Trinajstić information content (AvgIpc) is 3.07. The lowest BCUT2D eigenvalue weighted by molar-refractivity contribution is -0.121. The molecule has 1 N–H and O–H groups in total. The van der Waals surface area contributed by atoms with Crippen LogP contribution < -0.4 is 5.32 Å². The fraction of sp³-hybridized carbons (Fsp3) is 0.333.